The fourth-order valence-electron chi connectivity index (χ4n) is 6.92. The van der Waals surface area contributed by atoms with Gasteiger partial charge in [-0.25, -0.2) is 18.0 Å². The average molecular weight is 646 g/mol. The van der Waals surface area contributed by atoms with Crippen LogP contribution in [0.1, 0.15) is 32.2 Å². The molecule has 12 heteroatoms. The molecule has 2 aromatic carbocycles. The number of aromatic nitrogens is 2. The van der Waals surface area contributed by atoms with Gasteiger partial charge < -0.3 is 9.80 Å². The molecule has 234 valence electrons. The van der Waals surface area contributed by atoms with Crippen LogP contribution in [0.15, 0.2) is 52.7 Å². The van der Waals surface area contributed by atoms with Crippen LogP contribution >= 0.6 is 23.4 Å². The highest BCUT2D eigenvalue weighted by Gasteiger charge is 2.35. The molecule has 0 unspecified atom stereocenters. The quantitative estimate of drug-likeness (QED) is 0.290. The molecule has 0 radical (unpaired) electrons. The Balaban J connectivity index is 1.42. The standard InChI is InChI=1S/C32H35ClF3N5O2S/c1-3-27(42)39-12-13-40(19(2)16-39)31-24-15-25(33)28(21-4-6-22(34)7-5-21)30-29(24)41(32(43)37-31)23(18-44-30)14-20-8-10-38(11-9-20)17-26(35)36/h3-7,15,19-20,23,26H,1,8-14,16-18H2,2H3/t19-,23+/m0/s1. The third-order valence-corrected chi connectivity index (χ3v) is 10.6. The van der Waals surface area contributed by atoms with Crippen LogP contribution in [0.2, 0.25) is 5.02 Å². The number of rotatable bonds is 7. The Hall–Kier alpha value is -3.02. The summed E-state index contributed by atoms with van der Waals surface area (Å²) in [4.78, 5) is 37.4. The van der Waals surface area contributed by atoms with Crippen molar-refractivity contribution >= 4 is 46.0 Å². The maximum Gasteiger partial charge on any atom is 0.350 e. The second kappa shape index (κ2) is 12.8. The second-order valence-corrected chi connectivity index (χ2v) is 13.4. The molecule has 0 bridgehead atoms. The van der Waals surface area contributed by atoms with Crippen molar-refractivity contribution in [2.24, 2.45) is 5.92 Å². The number of hydrogen-bond donors (Lipinski definition) is 0. The van der Waals surface area contributed by atoms with E-state index in [4.69, 9.17) is 11.6 Å². The number of piperidine rings is 1. The summed E-state index contributed by atoms with van der Waals surface area (Å²) in [6.07, 6.45) is 1.32. The van der Waals surface area contributed by atoms with Crippen LogP contribution in [0, 0.1) is 11.7 Å². The van der Waals surface area contributed by atoms with Gasteiger partial charge in [-0.3, -0.25) is 14.3 Å². The van der Waals surface area contributed by atoms with Crippen LogP contribution in [-0.4, -0.2) is 82.7 Å². The van der Waals surface area contributed by atoms with Crippen molar-refractivity contribution in [3.63, 3.8) is 0 Å². The minimum absolute atomic E-state index is 0.109. The van der Waals surface area contributed by atoms with Crippen molar-refractivity contribution in [2.45, 2.75) is 49.6 Å². The van der Waals surface area contributed by atoms with Crippen molar-refractivity contribution in [3.05, 3.63) is 64.3 Å². The Morgan fingerprint density at radius 1 is 1.18 bits per heavy atom. The highest BCUT2D eigenvalue weighted by molar-refractivity contribution is 7.99. The largest absolute Gasteiger partial charge is 0.350 e. The van der Waals surface area contributed by atoms with Crippen LogP contribution in [0.5, 0.6) is 0 Å². The predicted octanol–water partition coefficient (Wildman–Crippen LogP) is 6.09. The van der Waals surface area contributed by atoms with Gasteiger partial charge in [0.15, 0.2) is 0 Å². The number of benzene rings is 2. The average Bonchev–Trinajstić information content (AvgIpc) is 3.00. The Morgan fingerprint density at radius 3 is 2.57 bits per heavy atom. The predicted molar refractivity (Wildman–Crippen MR) is 170 cm³/mol. The van der Waals surface area contributed by atoms with E-state index in [1.807, 2.05) is 22.5 Å². The first-order valence-electron chi connectivity index (χ1n) is 15.0. The number of amides is 1. The Morgan fingerprint density at radius 2 is 1.91 bits per heavy atom. The van der Waals surface area contributed by atoms with E-state index in [1.165, 1.54) is 18.2 Å². The smallest absolute Gasteiger partial charge is 0.350 e. The number of nitrogens with zero attached hydrogens (tertiary/aromatic N) is 5. The van der Waals surface area contributed by atoms with Gasteiger partial charge in [0.1, 0.15) is 11.6 Å². The number of piperazine rings is 1. The molecule has 1 amide bonds. The molecular weight excluding hydrogens is 611 g/mol. The van der Waals surface area contributed by atoms with E-state index in [0.717, 1.165) is 46.2 Å². The molecule has 3 aromatic rings. The molecule has 0 saturated carbocycles. The summed E-state index contributed by atoms with van der Waals surface area (Å²) >= 11 is 8.63. The fraction of sp³-hybridized carbons (Fsp3) is 0.469. The van der Waals surface area contributed by atoms with Gasteiger partial charge >= 0.3 is 5.69 Å². The van der Waals surface area contributed by atoms with Crippen molar-refractivity contribution in [1.82, 2.24) is 19.4 Å². The molecule has 0 aliphatic carbocycles. The lowest BCUT2D eigenvalue weighted by atomic mass is 9.90. The molecule has 0 N–H and O–H groups in total. The van der Waals surface area contributed by atoms with Crippen LogP contribution in [0.3, 0.4) is 0 Å². The maximum atomic E-state index is 14.0. The van der Waals surface area contributed by atoms with Gasteiger partial charge in [-0.1, -0.05) is 30.3 Å². The highest BCUT2D eigenvalue weighted by atomic mass is 35.5. The Kier molecular flexibility index (Phi) is 8.99. The fourth-order valence-corrected chi connectivity index (χ4v) is 8.65. The molecule has 2 fully saturated rings. The van der Waals surface area contributed by atoms with Gasteiger partial charge in [-0.15, -0.1) is 11.8 Å². The zero-order valence-corrected chi connectivity index (χ0v) is 26.1. The molecule has 0 spiro atoms. The van der Waals surface area contributed by atoms with Gasteiger partial charge in [0.25, 0.3) is 6.43 Å². The summed E-state index contributed by atoms with van der Waals surface area (Å²) < 4.78 is 41.5. The maximum absolute atomic E-state index is 14.0. The minimum Gasteiger partial charge on any atom is -0.350 e. The van der Waals surface area contributed by atoms with E-state index in [9.17, 15) is 22.8 Å². The number of alkyl halides is 2. The van der Waals surface area contributed by atoms with Crippen molar-refractivity contribution < 1.29 is 18.0 Å². The molecule has 2 atom stereocenters. The SMILES string of the molecule is C=CC(=O)N1CCN(c2nc(=O)n3c4c(c(-c5ccc(F)cc5)c(Cl)cc24)SC[C@H]3CC2CCN(CC(F)F)CC2)[C@@H](C)C1. The van der Waals surface area contributed by atoms with Crippen LogP contribution in [-0.2, 0) is 4.79 Å². The molecule has 3 aliphatic heterocycles. The van der Waals surface area contributed by atoms with Crippen LogP contribution in [0.4, 0.5) is 19.0 Å². The molecule has 4 heterocycles. The number of carbonyl (C=O) groups excluding carboxylic acids is 1. The van der Waals surface area contributed by atoms with Gasteiger partial charge in [0.2, 0.25) is 5.91 Å². The normalized spacial score (nSPS) is 21.3. The summed E-state index contributed by atoms with van der Waals surface area (Å²) in [5.74, 6) is 0.991. The molecule has 1 aromatic heterocycles. The third kappa shape index (κ3) is 5.98. The van der Waals surface area contributed by atoms with E-state index >= 15 is 0 Å². The number of halogens is 4. The first-order valence-corrected chi connectivity index (χ1v) is 16.4. The molecule has 44 heavy (non-hydrogen) atoms. The summed E-state index contributed by atoms with van der Waals surface area (Å²) in [5.41, 5.74) is 1.92. The topological polar surface area (TPSA) is 61.7 Å². The Bertz CT molecular complexity index is 1630. The number of anilines is 1. The number of likely N-dealkylation sites (tertiary alicyclic amines) is 1. The molecule has 7 nitrogen and oxygen atoms in total. The van der Waals surface area contributed by atoms with Gasteiger partial charge in [0, 0.05) is 53.3 Å². The molecular formula is C32H35ClF3N5O2S. The lowest BCUT2D eigenvalue weighted by molar-refractivity contribution is -0.126. The first kappa shape index (κ1) is 31.0. The zero-order valence-electron chi connectivity index (χ0n) is 24.5. The Labute approximate surface area is 263 Å². The van der Waals surface area contributed by atoms with Crippen molar-refractivity contribution in [3.8, 4) is 11.1 Å². The van der Waals surface area contributed by atoms with Crippen molar-refractivity contribution in [1.29, 1.82) is 0 Å². The first-order chi connectivity index (χ1) is 21.1. The molecule has 3 aliphatic rings. The summed E-state index contributed by atoms with van der Waals surface area (Å²) in [6, 6.07) is 7.81. The lowest BCUT2D eigenvalue weighted by Gasteiger charge is -2.41. The third-order valence-electron chi connectivity index (χ3n) is 9.11. The summed E-state index contributed by atoms with van der Waals surface area (Å²) in [5, 5.41) is 1.24. The van der Waals surface area contributed by atoms with E-state index in [1.54, 1.807) is 28.8 Å². The monoisotopic (exact) mass is 645 g/mol. The van der Waals surface area contributed by atoms with Gasteiger partial charge in [0.05, 0.1) is 17.1 Å². The van der Waals surface area contributed by atoms with E-state index in [-0.39, 0.29) is 36.0 Å². The number of carbonyl (C=O) groups is 1. The minimum atomic E-state index is -2.34. The lowest BCUT2D eigenvalue weighted by Crippen LogP contribution is -2.54. The number of hydrogen-bond acceptors (Lipinski definition) is 6. The van der Waals surface area contributed by atoms with Crippen molar-refractivity contribution in [2.75, 3.05) is 49.9 Å². The van der Waals surface area contributed by atoms with Gasteiger partial charge in [-0.05, 0) is 75.0 Å². The summed E-state index contributed by atoms with van der Waals surface area (Å²) in [6.45, 7) is 8.07. The van der Waals surface area contributed by atoms with E-state index in [0.29, 0.717) is 55.2 Å². The second-order valence-electron chi connectivity index (χ2n) is 11.9. The molecule has 2 saturated heterocycles. The molecule has 6 rings (SSSR count). The van der Waals surface area contributed by atoms with Crippen LogP contribution < -0.4 is 10.6 Å². The zero-order chi connectivity index (χ0) is 31.1. The van der Waals surface area contributed by atoms with Gasteiger partial charge in [-0.2, -0.15) is 4.98 Å². The van der Waals surface area contributed by atoms with Crippen LogP contribution in [0.25, 0.3) is 22.0 Å². The van der Waals surface area contributed by atoms with E-state index < -0.39 is 6.43 Å². The summed E-state index contributed by atoms with van der Waals surface area (Å²) in [7, 11) is 0. The number of thioether (sulfide) groups is 1. The highest BCUT2D eigenvalue weighted by Crippen LogP contribution is 2.48. The van der Waals surface area contributed by atoms with E-state index in [2.05, 4.69) is 16.5 Å².